The van der Waals surface area contributed by atoms with Gasteiger partial charge >= 0.3 is 11.6 Å². The zero-order valence-corrected chi connectivity index (χ0v) is 9.26. The van der Waals surface area contributed by atoms with E-state index in [1.165, 1.54) is 25.1 Å². The average Bonchev–Trinajstić information content (AvgIpc) is 2.27. The van der Waals surface area contributed by atoms with Crippen molar-refractivity contribution in [1.82, 2.24) is 0 Å². The molecule has 0 spiro atoms. The molecule has 2 rings (SSSR count). The van der Waals surface area contributed by atoms with Crippen LogP contribution in [0.5, 0.6) is 5.75 Å². The van der Waals surface area contributed by atoms with Crippen LogP contribution in [0.4, 0.5) is 0 Å². The molecule has 0 amide bonds. The fourth-order valence-electron chi connectivity index (χ4n) is 1.47. The van der Waals surface area contributed by atoms with Gasteiger partial charge in [-0.15, -0.1) is 0 Å². The molecule has 6 nitrogen and oxygen atoms in total. The summed E-state index contributed by atoms with van der Waals surface area (Å²) in [5.41, 5.74) is -1.37. The minimum absolute atomic E-state index is 0.195. The first-order valence-electron chi connectivity index (χ1n) is 4.95. The van der Waals surface area contributed by atoms with E-state index in [4.69, 9.17) is 9.15 Å². The van der Waals surface area contributed by atoms with E-state index in [0.717, 1.165) is 6.07 Å². The van der Waals surface area contributed by atoms with Gasteiger partial charge < -0.3 is 19.1 Å². The van der Waals surface area contributed by atoms with Crippen molar-refractivity contribution in [3.8, 4) is 5.75 Å². The van der Waals surface area contributed by atoms with Crippen molar-refractivity contribution in [2.45, 2.75) is 6.92 Å². The van der Waals surface area contributed by atoms with Gasteiger partial charge in [-0.25, -0.2) is 4.79 Å². The predicted molar refractivity (Wildman–Crippen MR) is 58.1 cm³/mol. The maximum atomic E-state index is 11.3. The van der Waals surface area contributed by atoms with E-state index in [9.17, 15) is 19.5 Å². The molecule has 0 aliphatic carbocycles. The molecule has 0 saturated heterocycles. The van der Waals surface area contributed by atoms with Gasteiger partial charge in [0.25, 0.3) is 0 Å². The number of hydrogen-bond donors (Lipinski definition) is 0. The van der Waals surface area contributed by atoms with Crippen LogP contribution in [0.15, 0.2) is 33.5 Å². The Kier molecular flexibility index (Phi) is 2.85. The summed E-state index contributed by atoms with van der Waals surface area (Å²) in [5, 5.41) is 11.0. The van der Waals surface area contributed by atoms with Gasteiger partial charge in [-0.1, -0.05) is 0 Å². The number of rotatable bonds is 2. The molecule has 6 heteroatoms. The van der Waals surface area contributed by atoms with Gasteiger partial charge in [0, 0.05) is 12.3 Å². The Bertz CT molecular complexity index is 697. The summed E-state index contributed by atoms with van der Waals surface area (Å²) < 4.78 is 9.63. The molecule has 1 aromatic heterocycles. The molecular formula is C12H7O6-. The van der Waals surface area contributed by atoms with Gasteiger partial charge in [0.1, 0.15) is 11.3 Å². The molecule has 1 aromatic carbocycles. The number of fused-ring (bicyclic) bond motifs is 1. The number of esters is 1. The molecule has 0 bridgehead atoms. The van der Waals surface area contributed by atoms with Gasteiger partial charge in [-0.05, 0) is 24.3 Å². The second-order valence-corrected chi connectivity index (χ2v) is 3.53. The van der Waals surface area contributed by atoms with Crippen molar-refractivity contribution in [2.24, 2.45) is 0 Å². The summed E-state index contributed by atoms with van der Waals surface area (Å²) in [7, 11) is 0. The Morgan fingerprint density at radius 1 is 1.28 bits per heavy atom. The average molecular weight is 247 g/mol. The summed E-state index contributed by atoms with van der Waals surface area (Å²) in [4.78, 5) is 32.7. The van der Waals surface area contributed by atoms with Crippen LogP contribution in [0.1, 0.15) is 17.3 Å². The summed E-state index contributed by atoms with van der Waals surface area (Å²) in [5.74, 6) is -1.90. The second kappa shape index (κ2) is 4.33. The Morgan fingerprint density at radius 3 is 2.61 bits per heavy atom. The number of aromatic carboxylic acids is 1. The highest BCUT2D eigenvalue weighted by molar-refractivity contribution is 5.90. The molecular weight excluding hydrogens is 240 g/mol. The molecule has 0 unspecified atom stereocenters. The zero-order valence-electron chi connectivity index (χ0n) is 9.26. The number of benzene rings is 1. The summed E-state index contributed by atoms with van der Waals surface area (Å²) >= 11 is 0. The molecule has 0 atom stereocenters. The van der Waals surface area contributed by atoms with Crippen LogP contribution < -0.4 is 15.5 Å². The molecule has 0 N–H and O–H groups in total. The molecule has 0 saturated carbocycles. The van der Waals surface area contributed by atoms with Crippen LogP contribution in [-0.2, 0) is 4.79 Å². The molecule has 92 valence electrons. The third-order valence-corrected chi connectivity index (χ3v) is 2.19. The minimum atomic E-state index is -1.62. The topological polar surface area (TPSA) is 96.6 Å². The first-order chi connectivity index (χ1) is 8.47. The predicted octanol–water partition coefficient (Wildman–Crippen LogP) is 0.0818. The number of carboxylic acid groups (broad SMARTS) is 1. The smallest absolute Gasteiger partial charge is 0.345 e. The quantitative estimate of drug-likeness (QED) is 0.423. The lowest BCUT2D eigenvalue weighted by atomic mass is 10.2. The minimum Gasteiger partial charge on any atom is -0.545 e. The maximum absolute atomic E-state index is 11.3. The normalized spacial score (nSPS) is 10.3. The van der Waals surface area contributed by atoms with Crippen LogP contribution in [-0.4, -0.2) is 11.9 Å². The third kappa shape index (κ3) is 2.22. The monoisotopic (exact) mass is 247 g/mol. The fraction of sp³-hybridized carbons (Fsp3) is 0.0833. The molecule has 0 aliphatic heterocycles. The third-order valence-electron chi connectivity index (χ3n) is 2.19. The van der Waals surface area contributed by atoms with Crippen molar-refractivity contribution < 1.29 is 23.8 Å². The first-order valence-corrected chi connectivity index (χ1v) is 4.95. The molecule has 18 heavy (non-hydrogen) atoms. The van der Waals surface area contributed by atoms with Gasteiger partial charge in [-0.2, -0.15) is 0 Å². The summed E-state index contributed by atoms with van der Waals surface area (Å²) in [6, 6.07) is 5.36. The van der Waals surface area contributed by atoms with E-state index in [1.807, 2.05) is 0 Å². The van der Waals surface area contributed by atoms with Crippen LogP contribution in [0.2, 0.25) is 0 Å². The molecule has 0 fully saturated rings. The van der Waals surface area contributed by atoms with Crippen LogP contribution in [0.25, 0.3) is 11.0 Å². The summed E-state index contributed by atoms with van der Waals surface area (Å²) in [6.07, 6.45) is 0. The van der Waals surface area contributed by atoms with Crippen molar-refractivity contribution in [3.05, 3.63) is 40.2 Å². The molecule has 0 aliphatic rings. The van der Waals surface area contributed by atoms with Crippen molar-refractivity contribution in [2.75, 3.05) is 0 Å². The molecule has 0 radical (unpaired) electrons. The number of hydrogen-bond acceptors (Lipinski definition) is 6. The van der Waals surface area contributed by atoms with Crippen LogP contribution in [0.3, 0.4) is 0 Å². The lowest BCUT2D eigenvalue weighted by Crippen LogP contribution is -2.28. The van der Waals surface area contributed by atoms with E-state index < -0.39 is 23.1 Å². The molecule has 1 heterocycles. The van der Waals surface area contributed by atoms with E-state index in [-0.39, 0.29) is 11.3 Å². The number of carbonyl (C=O) groups is 2. The Labute approximate surface area is 100 Å². The second-order valence-electron chi connectivity index (χ2n) is 3.53. The Balaban J connectivity index is 2.61. The van der Waals surface area contributed by atoms with Crippen LogP contribution in [0, 0.1) is 0 Å². The highest BCUT2D eigenvalue weighted by atomic mass is 16.5. The maximum Gasteiger partial charge on any atom is 0.345 e. The standard InChI is InChI=1S/C12H8O6/c1-6(13)17-8-2-3-10-7(4-8)5-9(11(14)15)12(16)18-10/h2-5H,1H3,(H,14,15)/p-1. The number of ether oxygens (including phenoxy) is 1. The highest BCUT2D eigenvalue weighted by Crippen LogP contribution is 2.20. The SMILES string of the molecule is CC(=O)Oc1ccc2oc(=O)c(C(=O)[O-])cc2c1. The van der Waals surface area contributed by atoms with E-state index >= 15 is 0 Å². The number of carbonyl (C=O) groups excluding carboxylic acids is 2. The van der Waals surface area contributed by atoms with E-state index in [2.05, 4.69) is 0 Å². The van der Waals surface area contributed by atoms with E-state index in [1.54, 1.807) is 0 Å². The lowest BCUT2D eigenvalue weighted by molar-refractivity contribution is -0.255. The highest BCUT2D eigenvalue weighted by Gasteiger charge is 2.07. The van der Waals surface area contributed by atoms with Gasteiger partial charge in [-0.3, -0.25) is 4.79 Å². The van der Waals surface area contributed by atoms with Gasteiger partial charge in [0.15, 0.2) is 0 Å². The largest absolute Gasteiger partial charge is 0.545 e. The first kappa shape index (κ1) is 11.8. The Morgan fingerprint density at radius 2 is 2.00 bits per heavy atom. The Hall–Kier alpha value is -2.63. The summed E-state index contributed by atoms with van der Waals surface area (Å²) in [6.45, 7) is 1.24. The lowest BCUT2D eigenvalue weighted by Gasteiger charge is -2.05. The van der Waals surface area contributed by atoms with Crippen molar-refractivity contribution >= 4 is 22.9 Å². The fourth-order valence-corrected chi connectivity index (χ4v) is 1.47. The van der Waals surface area contributed by atoms with Crippen LogP contribution >= 0.6 is 0 Å². The van der Waals surface area contributed by atoms with Crippen molar-refractivity contribution in [3.63, 3.8) is 0 Å². The zero-order chi connectivity index (χ0) is 13.3. The van der Waals surface area contributed by atoms with E-state index in [0.29, 0.717) is 5.39 Å². The van der Waals surface area contributed by atoms with Gasteiger partial charge in [0.2, 0.25) is 0 Å². The van der Waals surface area contributed by atoms with Gasteiger partial charge in [0.05, 0.1) is 11.5 Å². The number of carboxylic acids is 1. The van der Waals surface area contributed by atoms with Crippen molar-refractivity contribution in [1.29, 1.82) is 0 Å². The molecule has 2 aromatic rings.